The number of allylic oxidation sites excluding steroid dienone is 5. The summed E-state index contributed by atoms with van der Waals surface area (Å²) < 4.78 is 1.04. The van der Waals surface area contributed by atoms with E-state index in [4.69, 9.17) is 5.26 Å². The van der Waals surface area contributed by atoms with Gasteiger partial charge in [-0.3, -0.25) is 0 Å². The zero-order valence-electron chi connectivity index (χ0n) is 8.39. The SMILES string of the molecule is C=C/C(=C\C(Br)=C/C)CC1(C#N)CC1. The van der Waals surface area contributed by atoms with Gasteiger partial charge < -0.3 is 0 Å². The Morgan fingerprint density at radius 3 is 2.64 bits per heavy atom. The minimum atomic E-state index is -0.0823. The van der Waals surface area contributed by atoms with Gasteiger partial charge in [-0.25, -0.2) is 0 Å². The second-order valence-corrected chi connectivity index (χ2v) is 4.58. The number of rotatable bonds is 4. The lowest BCUT2D eigenvalue weighted by Crippen LogP contribution is -1.96. The molecule has 2 heteroatoms. The third kappa shape index (κ3) is 2.85. The average molecular weight is 252 g/mol. The highest BCUT2D eigenvalue weighted by Gasteiger charge is 2.43. The van der Waals surface area contributed by atoms with E-state index in [2.05, 4.69) is 28.6 Å². The summed E-state index contributed by atoms with van der Waals surface area (Å²) in [7, 11) is 0. The van der Waals surface area contributed by atoms with Gasteiger partial charge in [0.15, 0.2) is 0 Å². The maximum Gasteiger partial charge on any atom is 0.0693 e. The Hall–Kier alpha value is -0.810. The summed E-state index contributed by atoms with van der Waals surface area (Å²) in [5.41, 5.74) is 1.05. The highest BCUT2D eigenvalue weighted by molar-refractivity contribution is 9.11. The van der Waals surface area contributed by atoms with Gasteiger partial charge in [0.05, 0.1) is 11.5 Å². The molecular formula is C12H14BrN. The maximum atomic E-state index is 8.95. The zero-order chi connectivity index (χ0) is 10.6. The van der Waals surface area contributed by atoms with Gasteiger partial charge in [0.2, 0.25) is 0 Å². The fraction of sp³-hybridized carbons (Fsp3) is 0.417. The Morgan fingerprint density at radius 2 is 2.29 bits per heavy atom. The first-order valence-electron chi connectivity index (χ1n) is 4.72. The predicted molar refractivity (Wildman–Crippen MR) is 62.9 cm³/mol. The molecule has 0 spiro atoms. The van der Waals surface area contributed by atoms with Gasteiger partial charge in [-0.05, 0) is 37.8 Å². The highest BCUT2D eigenvalue weighted by Crippen LogP contribution is 2.50. The van der Waals surface area contributed by atoms with Crippen molar-refractivity contribution < 1.29 is 0 Å². The van der Waals surface area contributed by atoms with Crippen molar-refractivity contribution in [3.05, 3.63) is 34.9 Å². The van der Waals surface area contributed by atoms with Gasteiger partial charge in [0.1, 0.15) is 0 Å². The van der Waals surface area contributed by atoms with Gasteiger partial charge in [0, 0.05) is 4.48 Å². The van der Waals surface area contributed by atoms with Crippen molar-refractivity contribution in [3.8, 4) is 6.07 Å². The van der Waals surface area contributed by atoms with E-state index in [1.54, 1.807) is 0 Å². The smallest absolute Gasteiger partial charge is 0.0693 e. The minimum absolute atomic E-state index is 0.0823. The van der Waals surface area contributed by atoms with Crippen molar-refractivity contribution in [3.63, 3.8) is 0 Å². The molecule has 0 aromatic rings. The van der Waals surface area contributed by atoms with Gasteiger partial charge >= 0.3 is 0 Å². The van der Waals surface area contributed by atoms with Crippen LogP contribution in [0.1, 0.15) is 26.2 Å². The summed E-state index contributed by atoms with van der Waals surface area (Å²) in [6.45, 7) is 5.74. The van der Waals surface area contributed by atoms with Gasteiger partial charge in [-0.15, -0.1) is 0 Å². The van der Waals surface area contributed by atoms with E-state index < -0.39 is 0 Å². The van der Waals surface area contributed by atoms with Crippen LogP contribution < -0.4 is 0 Å². The molecule has 1 aliphatic rings. The molecule has 1 nitrogen and oxygen atoms in total. The standard InChI is InChI=1S/C12H14BrN/c1-3-10(7-11(13)4-2)8-12(9-14)5-6-12/h3-4,7H,1,5-6,8H2,2H3/b10-7+,11-4+. The minimum Gasteiger partial charge on any atom is -0.198 e. The zero-order valence-corrected chi connectivity index (χ0v) is 9.97. The molecule has 0 atom stereocenters. The van der Waals surface area contributed by atoms with Crippen molar-refractivity contribution >= 4 is 15.9 Å². The number of hydrogen-bond donors (Lipinski definition) is 0. The van der Waals surface area contributed by atoms with Crippen LogP contribution in [0.4, 0.5) is 0 Å². The molecular weight excluding hydrogens is 238 g/mol. The molecule has 0 saturated heterocycles. The summed E-state index contributed by atoms with van der Waals surface area (Å²) in [6.07, 6.45) is 8.74. The predicted octanol–water partition coefficient (Wildman–Crippen LogP) is 4.09. The Kier molecular flexibility index (Phi) is 3.71. The van der Waals surface area contributed by atoms with E-state index >= 15 is 0 Å². The van der Waals surface area contributed by atoms with Gasteiger partial charge in [0.25, 0.3) is 0 Å². The first-order chi connectivity index (χ1) is 6.65. The van der Waals surface area contributed by atoms with Crippen LogP contribution in [0.25, 0.3) is 0 Å². The maximum absolute atomic E-state index is 8.95. The largest absolute Gasteiger partial charge is 0.198 e. The van der Waals surface area contributed by atoms with Crippen LogP contribution >= 0.6 is 15.9 Å². The molecule has 1 saturated carbocycles. The van der Waals surface area contributed by atoms with Crippen LogP contribution in [0, 0.1) is 16.7 Å². The Balaban J connectivity index is 2.70. The molecule has 0 aliphatic heterocycles. The lowest BCUT2D eigenvalue weighted by Gasteiger charge is -2.05. The summed E-state index contributed by atoms with van der Waals surface area (Å²) in [6, 6.07) is 2.39. The summed E-state index contributed by atoms with van der Waals surface area (Å²) in [5, 5.41) is 8.95. The second-order valence-electron chi connectivity index (χ2n) is 3.67. The van der Waals surface area contributed by atoms with E-state index in [1.807, 2.05) is 25.2 Å². The highest BCUT2D eigenvalue weighted by atomic mass is 79.9. The molecule has 1 fully saturated rings. The molecule has 0 N–H and O–H groups in total. The van der Waals surface area contributed by atoms with Crippen molar-refractivity contribution in [2.75, 3.05) is 0 Å². The van der Waals surface area contributed by atoms with Gasteiger partial charge in [-0.2, -0.15) is 5.26 Å². The second kappa shape index (κ2) is 4.61. The van der Waals surface area contributed by atoms with Crippen molar-refractivity contribution in [2.45, 2.75) is 26.2 Å². The molecule has 0 bridgehead atoms. The van der Waals surface area contributed by atoms with Crippen molar-refractivity contribution in [1.82, 2.24) is 0 Å². The van der Waals surface area contributed by atoms with Crippen LogP contribution in [0.15, 0.2) is 34.9 Å². The fourth-order valence-corrected chi connectivity index (χ4v) is 1.61. The van der Waals surface area contributed by atoms with Crippen molar-refractivity contribution in [1.29, 1.82) is 5.26 Å². The molecule has 0 heterocycles. The Morgan fingerprint density at radius 1 is 1.64 bits per heavy atom. The summed E-state index contributed by atoms with van der Waals surface area (Å²) >= 11 is 3.42. The number of nitriles is 1. The van der Waals surface area contributed by atoms with E-state index in [-0.39, 0.29) is 5.41 Å². The Labute approximate surface area is 93.9 Å². The lowest BCUT2D eigenvalue weighted by molar-refractivity contribution is 0.668. The average Bonchev–Trinajstić information content (AvgIpc) is 2.97. The van der Waals surface area contributed by atoms with Crippen LogP contribution in [0.5, 0.6) is 0 Å². The van der Waals surface area contributed by atoms with E-state index in [9.17, 15) is 0 Å². The molecule has 14 heavy (non-hydrogen) atoms. The van der Waals surface area contributed by atoms with Crippen LogP contribution in [0.3, 0.4) is 0 Å². The molecule has 0 aromatic heterocycles. The number of halogens is 1. The Bertz CT molecular complexity index is 327. The molecule has 0 unspecified atom stereocenters. The first-order valence-corrected chi connectivity index (χ1v) is 5.51. The topological polar surface area (TPSA) is 23.8 Å². The fourth-order valence-electron chi connectivity index (χ4n) is 1.31. The first kappa shape index (κ1) is 11.3. The van der Waals surface area contributed by atoms with Gasteiger partial charge in [-0.1, -0.05) is 34.7 Å². The third-order valence-corrected chi connectivity index (χ3v) is 3.18. The van der Waals surface area contributed by atoms with E-state index in [1.165, 1.54) is 0 Å². The molecule has 0 aromatic carbocycles. The normalized spacial score (nSPS) is 20.1. The lowest BCUT2D eigenvalue weighted by atomic mass is 9.98. The molecule has 0 amide bonds. The van der Waals surface area contributed by atoms with Crippen LogP contribution in [0.2, 0.25) is 0 Å². The molecule has 1 rings (SSSR count). The monoisotopic (exact) mass is 251 g/mol. The summed E-state index contributed by atoms with van der Waals surface area (Å²) in [5.74, 6) is 0. The number of hydrogen-bond acceptors (Lipinski definition) is 1. The third-order valence-electron chi connectivity index (χ3n) is 2.49. The molecule has 0 radical (unpaired) electrons. The summed E-state index contributed by atoms with van der Waals surface area (Å²) in [4.78, 5) is 0. The van der Waals surface area contributed by atoms with Crippen molar-refractivity contribution in [2.24, 2.45) is 5.41 Å². The van der Waals surface area contributed by atoms with Crippen LogP contribution in [-0.4, -0.2) is 0 Å². The quantitative estimate of drug-likeness (QED) is 0.691. The van der Waals surface area contributed by atoms with E-state index in [0.29, 0.717) is 0 Å². The molecule has 74 valence electrons. The number of nitrogens with zero attached hydrogens (tertiary/aromatic N) is 1. The van der Waals surface area contributed by atoms with E-state index in [0.717, 1.165) is 29.3 Å². The van der Waals surface area contributed by atoms with Crippen LogP contribution in [-0.2, 0) is 0 Å². The molecule has 1 aliphatic carbocycles.